The Bertz CT molecular complexity index is 571. The molecule has 2 rings (SSSR count). The van der Waals surface area contributed by atoms with Crippen LogP contribution in [0, 0.1) is 0 Å². The van der Waals surface area contributed by atoms with Crippen LogP contribution in [-0.2, 0) is 13.1 Å². The summed E-state index contributed by atoms with van der Waals surface area (Å²) in [7, 11) is 0. The van der Waals surface area contributed by atoms with Gasteiger partial charge in [0.25, 0.3) is 0 Å². The molecule has 0 aromatic carbocycles. The van der Waals surface area contributed by atoms with E-state index in [1.165, 1.54) is 0 Å². The number of nitrogens with two attached hydrogens (primary N) is 1. The van der Waals surface area contributed by atoms with Crippen molar-refractivity contribution in [3.8, 4) is 0 Å². The quantitative estimate of drug-likeness (QED) is 0.825. The normalized spacial score (nSPS) is 10.7. The molecule has 0 unspecified atom stereocenters. The molecule has 0 aliphatic rings. The van der Waals surface area contributed by atoms with Crippen molar-refractivity contribution in [3.05, 3.63) is 59.7 Å². The fourth-order valence-corrected chi connectivity index (χ4v) is 2.21. The molecule has 0 amide bonds. The third-order valence-corrected chi connectivity index (χ3v) is 3.27. The molecule has 0 fully saturated rings. The molecule has 5 heteroatoms. The number of aromatic nitrogens is 2. The van der Waals surface area contributed by atoms with Crippen molar-refractivity contribution in [1.29, 1.82) is 0 Å². The van der Waals surface area contributed by atoms with Gasteiger partial charge in [-0.3, -0.25) is 14.9 Å². The molecule has 0 spiro atoms. The van der Waals surface area contributed by atoms with Crippen LogP contribution in [0.4, 0.5) is 0 Å². The summed E-state index contributed by atoms with van der Waals surface area (Å²) in [5.74, 6) is 0. The Morgan fingerprint density at radius 1 is 1.15 bits per heavy atom. The van der Waals surface area contributed by atoms with Crippen molar-refractivity contribution in [2.45, 2.75) is 20.0 Å². The highest BCUT2D eigenvalue weighted by atomic mass is 32.1. The van der Waals surface area contributed by atoms with Gasteiger partial charge in [0.2, 0.25) is 0 Å². The summed E-state index contributed by atoms with van der Waals surface area (Å²) in [5, 5.41) is 0. The van der Waals surface area contributed by atoms with Gasteiger partial charge < -0.3 is 5.73 Å². The van der Waals surface area contributed by atoms with Crippen molar-refractivity contribution in [2.24, 2.45) is 5.73 Å². The third kappa shape index (κ3) is 3.82. The van der Waals surface area contributed by atoms with Gasteiger partial charge in [-0.05, 0) is 30.3 Å². The molecule has 4 nitrogen and oxygen atoms in total. The first kappa shape index (κ1) is 14.6. The first-order chi connectivity index (χ1) is 9.70. The van der Waals surface area contributed by atoms with E-state index in [1.54, 1.807) is 6.20 Å². The van der Waals surface area contributed by atoms with E-state index in [1.807, 2.05) is 36.5 Å². The van der Waals surface area contributed by atoms with E-state index in [0.717, 1.165) is 30.9 Å². The van der Waals surface area contributed by atoms with Gasteiger partial charge in [0.15, 0.2) is 0 Å². The molecule has 0 aliphatic heterocycles. The summed E-state index contributed by atoms with van der Waals surface area (Å²) in [5.41, 5.74) is 8.54. The minimum absolute atomic E-state index is 0.342. The molecule has 2 heterocycles. The van der Waals surface area contributed by atoms with Gasteiger partial charge in [0, 0.05) is 25.5 Å². The van der Waals surface area contributed by atoms with Crippen molar-refractivity contribution in [1.82, 2.24) is 14.9 Å². The smallest absolute Gasteiger partial charge is 0.123 e. The molecule has 2 aromatic rings. The predicted octanol–water partition coefficient (Wildman–Crippen LogP) is 2.13. The second kappa shape index (κ2) is 7.07. The standard InChI is InChI=1S/C15H18N4S/c1-2-19(11-13-7-3-4-8-17-13)10-12-6-5-9-18-14(12)15(16)20/h3-9H,2,10-11H2,1H3,(H2,16,20). The fourth-order valence-electron chi connectivity index (χ4n) is 2.03. The Morgan fingerprint density at radius 2 is 1.95 bits per heavy atom. The Hall–Kier alpha value is -1.85. The molecular weight excluding hydrogens is 268 g/mol. The van der Waals surface area contributed by atoms with E-state index in [9.17, 15) is 0 Å². The second-order valence-electron chi connectivity index (χ2n) is 4.50. The fraction of sp³-hybridized carbons (Fsp3) is 0.267. The SMILES string of the molecule is CCN(Cc1ccccn1)Cc1cccnc1C(N)=S. The summed E-state index contributed by atoms with van der Waals surface area (Å²) in [6.45, 7) is 4.60. The van der Waals surface area contributed by atoms with E-state index in [-0.39, 0.29) is 0 Å². The molecule has 20 heavy (non-hydrogen) atoms. The van der Waals surface area contributed by atoms with Gasteiger partial charge in [0.1, 0.15) is 10.7 Å². The summed E-state index contributed by atoms with van der Waals surface area (Å²) >= 11 is 5.05. The van der Waals surface area contributed by atoms with Gasteiger partial charge in [-0.15, -0.1) is 0 Å². The van der Waals surface area contributed by atoms with Crippen LogP contribution in [0.5, 0.6) is 0 Å². The average Bonchev–Trinajstić information content (AvgIpc) is 2.48. The predicted molar refractivity (Wildman–Crippen MR) is 84.1 cm³/mol. The van der Waals surface area contributed by atoms with Gasteiger partial charge in [-0.2, -0.15) is 0 Å². The average molecular weight is 286 g/mol. The minimum Gasteiger partial charge on any atom is -0.388 e. The molecule has 0 saturated heterocycles. The molecule has 0 aliphatic carbocycles. The van der Waals surface area contributed by atoms with Gasteiger partial charge in [-0.1, -0.05) is 31.3 Å². The Balaban J connectivity index is 2.13. The highest BCUT2D eigenvalue weighted by molar-refractivity contribution is 7.80. The second-order valence-corrected chi connectivity index (χ2v) is 4.94. The molecule has 0 bridgehead atoms. The number of hydrogen-bond donors (Lipinski definition) is 1. The highest BCUT2D eigenvalue weighted by Gasteiger charge is 2.11. The summed E-state index contributed by atoms with van der Waals surface area (Å²) in [6, 6.07) is 9.88. The van der Waals surface area contributed by atoms with Crippen LogP contribution in [0.2, 0.25) is 0 Å². The van der Waals surface area contributed by atoms with Crippen LogP contribution in [0.1, 0.15) is 23.9 Å². The van der Waals surface area contributed by atoms with E-state index < -0.39 is 0 Å². The van der Waals surface area contributed by atoms with Crippen molar-refractivity contribution in [3.63, 3.8) is 0 Å². The van der Waals surface area contributed by atoms with Crippen LogP contribution in [-0.4, -0.2) is 26.4 Å². The number of nitrogens with zero attached hydrogens (tertiary/aromatic N) is 3. The van der Waals surface area contributed by atoms with Gasteiger partial charge >= 0.3 is 0 Å². The van der Waals surface area contributed by atoms with E-state index in [4.69, 9.17) is 18.0 Å². The molecule has 2 N–H and O–H groups in total. The van der Waals surface area contributed by atoms with E-state index in [0.29, 0.717) is 10.7 Å². The lowest BCUT2D eigenvalue weighted by Crippen LogP contribution is -2.25. The van der Waals surface area contributed by atoms with Crippen LogP contribution in [0.3, 0.4) is 0 Å². The van der Waals surface area contributed by atoms with Crippen molar-refractivity contribution < 1.29 is 0 Å². The Labute approximate surface area is 124 Å². The Kier molecular flexibility index (Phi) is 5.15. The highest BCUT2D eigenvalue weighted by Crippen LogP contribution is 2.11. The third-order valence-electron chi connectivity index (χ3n) is 3.08. The zero-order valence-corrected chi connectivity index (χ0v) is 12.3. The van der Waals surface area contributed by atoms with Crippen molar-refractivity contribution >= 4 is 17.2 Å². The monoisotopic (exact) mass is 286 g/mol. The number of rotatable bonds is 6. The summed E-state index contributed by atoms with van der Waals surface area (Å²) < 4.78 is 0. The van der Waals surface area contributed by atoms with Gasteiger partial charge in [0.05, 0.1) is 5.69 Å². The zero-order valence-electron chi connectivity index (χ0n) is 11.5. The van der Waals surface area contributed by atoms with Crippen LogP contribution in [0.15, 0.2) is 42.7 Å². The van der Waals surface area contributed by atoms with E-state index in [2.05, 4.69) is 21.8 Å². The maximum absolute atomic E-state index is 5.72. The Morgan fingerprint density at radius 3 is 2.60 bits per heavy atom. The maximum atomic E-state index is 5.72. The van der Waals surface area contributed by atoms with Crippen molar-refractivity contribution in [2.75, 3.05) is 6.54 Å². The minimum atomic E-state index is 0.342. The molecule has 104 valence electrons. The molecule has 0 radical (unpaired) electrons. The summed E-state index contributed by atoms with van der Waals surface area (Å²) in [4.78, 5) is 11.2. The van der Waals surface area contributed by atoms with Gasteiger partial charge in [-0.25, -0.2) is 0 Å². The lowest BCUT2D eigenvalue weighted by molar-refractivity contribution is 0.267. The first-order valence-corrected chi connectivity index (χ1v) is 6.97. The maximum Gasteiger partial charge on any atom is 0.123 e. The first-order valence-electron chi connectivity index (χ1n) is 6.56. The zero-order chi connectivity index (χ0) is 14.4. The number of pyridine rings is 2. The molecular formula is C15H18N4S. The van der Waals surface area contributed by atoms with Crippen LogP contribution < -0.4 is 5.73 Å². The lowest BCUT2D eigenvalue weighted by atomic mass is 10.1. The molecule has 0 saturated carbocycles. The lowest BCUT2D eigenvalue weighted by Gasteiger charge is -2.21. The number of hydrogen-bond acceptors (Lipinski definition) is 4. The molecule has 0 atom stereocenters. The topological polar surface area (TPSA) is 55.0 Å². The van der Waals surface area contributed by atoms with Crippen LogP contribution >= 0.6 is 12.2 Å². The molecule has 2 aromatic heterocycles. The number of thiocarbonyl (C=S) groups is 1. The summed E-state index contributed by atoms with van der Waals surface area (Å²) in [6.07, 6.45) is 3.53. The largest absolute Gasteiger partial charge is 0.388 e. The van der Waals surface area contributed by atoms with E-state index >= 15 is 0 Å². The van der Waals surface area contributed by atoms with Crippen LogP contribution in [0.25, 0.3) is 0 Å².